The van der Waals surface area contributed by atoms with E-state index in [1.165, 1.54) is 0 Å². The minimum absolute atomic E-state index is 0.129. The van der Waals surface area contributed by atoms with E-state index in [4.69, 9.17) is 9.84 Å². The SMILES string of the molecule is C[C@H]1Cc2cc(OC(F)/C=C/C(F)F)ccc2C=C1CN1CC(F)(C(=O)O)C1. The molecule has 1 aromatic rings. The van der Waals surface area contributed by atoms with Crippen molar-refractivity contribution in [2.24, 2.45) is 5.92 Å². The minimum Gasteiger partial charge on any atom is -0.479 e. The number of halogens is 4. The second-order valence-electron chi connectivity index (χ2n) is 7.29. The Hall–Kier alpha value is -2.35. The number of hydrogen-bond acceptors (Lipinski definition) is 3. The molecule has 0 saturated carbocycles. The predicted molar refractivity (Wildman–Crippen MR) is 95.9 cm³/mol. The van der Waals surface area contributed by atoms with E-state index in [1.54, 1.807) is 23.1 Å². The van der Waals surface area contributed by atoms with Crippen molar-refractivity contribution in [3.05, 3.63) is 47.1 Å². The lowest BCUT2D eigenvalue weighted by Gasteiger charge is -2.42. The van der Waals surface area contributed by atoms with E-state index in [-0.39, 0.29) is 24.8 Å². The molecule has 1 aliphatic heterocycles. The first-order valence-corrected chi connectivity index (χ1v) is 8.91. The average molecular weight is 399 g/mol. The molecule has 2 atom stereocenters. The fourth-order valence-electron chi connectivity index (χ4n) is 3.49. The first-order valence-electron chi connectivity index (χ1n) is 8.91. The number of rotatable bonds is 7. The molecule has 28 heavy (non-hydrogen) atoms. The highest BCUT2D eigenvalue weighted by atomic mass is 19.3. The number of hydrogen-bond donors (Lipinski definition) is 1. The number of ether oxygens (including phenoxy) is 1. The molecule has 0 radical (unpaired) electrons. The summed E-state index contributed by atoms with van der Waals surface area (Å²) in [6.45, 7) is 2.24. The van der Waals surface area contributed by atoms with Crippen LogP contribution in [0.5, 0.6) is 5.75 Å². The number of nitrogens with zero attached hydrogens (tertiary/aromatic N) is 1. The molecule has 1 N–H and O–H groups in total. The minimum atomic E-state index is -2.74. The zero-order chi connectivity index (χ0) is 20.5. The molecule has 3 rings (SSSR count). The van der Waals surface area contributed by atoms with Crippen LogP contribution in [-0.4, -0.2) is 54.1 Å². The summed E-state index contributed by atoms with van der Waals surface area (Å²) in [6.07, 6.45) is -0.960. The quantitative estimate of drug-likeness (QED) is 0.559. The largest absolute Gasteiger partial charge is 0.479 e. The molecule has 152 valence electrons. The Morgan fingerprint density at radius 3 is 2.71 bits per heavy atom. The standard InChI is InChI=1S/C20H21F4NO3/c1-12-6-14-8-16(28-18(23)5-4-17(21)22)3-2-13(14)7-15(12)9-25-10-20(24,11-25)19(26)27/h2-5,7-8,12,17-18H,6,9-11H2,1H3,(H,26,27)/b5-4+/t12-,18?/m0/s1. The van der Waals surface area contributed by atoms with Gasteiger partial charge in [0.1, 0.15) is 5.75 Å². The van der Waals surface area contributed by atoms with E-state index in [0.717, 1.165) is 16.7 Å². The maximum Gasteiger partial charge on any atom is 0.344 e. The number of allylic oxidation sites excluding steroid dienone is 1. The number of fused-ring (bicyclic) bond motifs is 1. The lowest BCUT2D eigenvalue weighted by atomic mass is 9.83. The third-order valence-corrected chi connectivity index (χ3v) is 5.01. The number of aliphatic carboxylic acids is 1. The second kappa shape index (κ2) is 7.95. The van der Waals surface area contributed by atoms with Crippen LogP contribution in [0.3, 0.4) is 0 Å². The molecular weight excluding hydrogens is 378 g/mol. The molecule has 8 heteroatoms. The monoisotopic (exact) mass is 399 g/mol. The van der Waals surface area contributed by atoms with Crippen molar-refractivity contribution in [3.8, 4) is 5.75 Å². The molecular formula is C20H21F4NO3. The van der Waals surface area contributed by atoms with Crippen LogP contribution in [0.2, 0.25) is 0 Å². The molecule has 1 aliphatic carbocycles. The van der Waals surface area contributed by atoms with E-state index in [2.05, 4.69) is 0 Å². The summed E-state index contributed by atoms with van der Waals surface area (Å²) in [5, 5.41) is 8.85. The van der Waals surface area contributed by atoms with Gasteiger partial charge in [0, 0.05) is 19.6 Å². The lowest BCUT2D eigenvalue weighted by Crippen LogP contribution is -2.63. The van der Waals surface area contributed by atoms with Crippen LogP contribution in [0.25, 0.3) is 6.08 Å². The molecule has 4 nitrogen and oxygen atoms in total. The molecule has 0 aromatic heterocycles. The highest BCUT2D eigenvalue weighted by Gasteiger charge is 2.50. The molecule has 1 fully saturated rings. The van der Waals surface area contributed by atoms with E-state index in [9.17, 15) is 22.4 Å². The normalized spacial score (nSPS) is 22.5. The maximum atomic E-state index is 13.9. The third kappa shape index (κ3) is 4.55. The summed E-state index contributed by atoms with van der Waals surface area (Å²) < 4.78 is 56.6. The Kier molecular flexibility index (Phi) is 5.79. The van der Waals surface area contributed by atoms with Crippen LogP contribution in [0.15, 0.2) is 35.9 Å². The van der Waals surface area contributed by atoms with Crippen LogP contribution >= 0.6 is 0 Å². The van der Waals surface area contributed by atoms with Gasteiger partial charge in [0.25, 0.3) is 12.8 Å². The van der Waals surface area contributed by atoms with Crippen molar-refractivity contribution < 1.29 is 32.2 Å². The van der Waals surface area contributed by atoms with Crippen LogP contribution in [0.4, 0.5) is 17.6 Å². The summed E-state index contributed by atoms with van der Waals surface area (Å²) in [4.78, 5) is 12.6. The number of carboxylic acid groups (broad SMARTS) is 1. The van der Waals surface area contributed by atoms with E-state index in [0.29, 0.717) is 25.1 Å². The zero-order valence-corrected chi connectivity index (χ0v) is 15.2. The molecule has 0 amide bonds. The summed E-state index contributed by atoms with van der Waals surface area (Å²) in [5.74, 6) is -1.04. The zero-order valence-electron chi connectivity index (χ0n) is 15.2. The van der Waals surface area contributed by atoms with Gasteiger partial charge in [-0.15, -0.1) is 0 Å². The Bertz CT molecular complexity index is 803. The Morgan fingerprint density at radius 2 is 2.07 bits per heavy atom. The van der Waals surface area contributed by atoms with Crippen molar-refractivity contribution >= 4 is 12.0 Å². The van der Waals surface area contributed by atoms with Gasteiger partial charge in [-0.1, -0.05) is 24.6 Å². The van der Waals surface area contributed by atoms with Gasteiger partial charge in [0.15, 0.2) is 0 Å². The third-order valence-electron chi connectivity index (χ3n) is 5.01. The summed E-state index contributed by atoms with van der Waals surface area (Å²) in [5.41, 5.74) is 0.762. The van der Waals surface area contributed by atoms with Gasteiger partial charge < -0.3 is 9.84 Å². The van der Waals surface area contributed by atoms with Crippen LogP contribution in [-0.2, 0) is 11.2 Å². The first-order chi connectivity index (χ1) is 13.2. The molecule has 1 heterocycles. The molecule has 0 spiro atoms. The predicted octanol–water partition coefficient (Wildman–Crippen LogP) is 3.87. The number of benzene rings is 1. The molecule has 0 bridgehead atoms. The Morgan fingerprint density at radius 1 is 1.36 bits per heavy atom. The Labute approximate surface area is 160 Å². The molecule has 2 aliphatic rings. The molecule has 1 unspecified atom stereocenters. The van der Waals surface area contributed by atoms with Crippen molar-refractivity contribution in [2.45, 2.75) is 31.8 Å². The summed E-state index contributed by atoms with van der Waals surface area (Å²) in [6, 6.07) is 5.00. The van der Waals surface area contributed by atoms with E-state index < -0.39 is 24.4 Å². The van der Waals surface area contributed by atoms with Crippen LogP contribution in [0, 0.1) is 5.92 Å². The highest BCUT2D eigenvalue weighted by Crippen LogP contribution is 2.34. The molecule has 1 aromatic carbocycles. The van der Waals surface area contributed by atoms with E-state index in [1.807, 2.05) is 13.0 Å². The highest BCUT2D eigenvalue weighted by molar-refractivity contribution is 5.79. The maximum absolute atomic E-state index is 13.9. The van der Waals surface area contributed by atoms with Gasteiger partial charge in [-0.05, 0) is 47.8 Å². The van der Waals surface area contributed by atoms with Gasteiger partial charge in [0.05, 0.1) is 0 Å². The number of carboxylic acids is 1. The van der Waals surface area contributed by atoms with Crippen molar-refractivity contribution in [1.82, 2.24) is 4.90 Å². The fourth-order valence-corrected chi connectivity index (χ4v) is 3.49. The van der Waals surface area contributed by atoms with Gasteiger partial charge in [-0.2, -0.15) is 4.39 Å². The smallest absolute Gasteiger partial charge is 0.344 e. The fraction of sp³-hybridized carbons (Fsp3) is 0.450. The average Bonchev–Trinajstić information content (AvgIpc) is 2.59. The van der Waals surface area contributed by atoms with Crippen LogP contribution < -0.4 is 4.74 Å². The number of carbonyl (C=O) groups is 1. The van der Waals surface area contributed by atoms with Crippen molar-refractivity contribution in [1.29, 1.82) is 0 Å². The van der Waals surface area contributed by atoms with Gasteiger partial charge in [-0.3, -0.25) is 4.90 Å². The van der Waals surface area contributed by atoms with Gasteiger partial charge in [0.2, 0.25) is 5.67 Å². The van der Waals surface area contributed by atoms with Crippen molar-refractivity contribution in [3.63, 3.8) is 0 Å². The topological polar surface area (TPSA) is 49.8 Å². The van der Waals surface area contributed by atoms with Crippen LogP contribution in [0.1, 0.15) is 18.1 Å². The number of alkyl halides is 4. The van der Waals surface area contributed by atoms with E-state index >= 15 is 0 Å². The number of likely N-dealkylation sites (tertiary alicyclic amines) is 1. The molecule has 1 saturated heterocycles. The summed E-state index contributed by atoms with van der Waals surface area (Å²) in [7, 11) is 0. The Balaban J connectivity index is 1.65. The van der Waals surface area contributed by atoms with Gasteiger partial charge in [-0.25, -0.2) is 18.0 Å². The second-order valence-corrected chi connectivity index (χ2v) is 7.29. The van der Waals surface area contributed by atoms with Crippen molar-refractivity contribution in [2.75, 3.05) is 19.6 Å². The summed E-state index contributed by atoms with van der Waals surface area (Å²) >= 11 is 0. The first kappa shape index (κ1) is 20.4. The van der Waals surface area contributed by atoms with Gasteiger partial charge >= 0.3 is 5.97 Å². The lowest BCUT2D eigenvalue weighted by molar-refractivity contribution is -0.163.